The van der Waals surface area contributed by atoms with Gasteiger partial charge in [0.15, 0.2) is 0 Å². The molecule has 0 atom stereocenters. The number of hydrogen-bond acceptors (Lipinski definition) is 5. The van der Waals surface area contributed by atoms with Crippen LogP contribution in [0.1, 0.15) is 21.7 Å². The van der Waals surface area contributed by atoms with Crippen LogP contribution in [0, 0.1) is 5.82 Å². The lowest BCUT2D eigenvalue weighted by Crippen LogP contribution is -2.29. The molecule has 2 aromatic carbocycles. The van der Waals surface area contributed by atoms with Crippen molar-refractivity contribution in [2.75, 3.05) is 0 Å². The van der Waals surface area contributed by atoms with Gasteiger partial charge >= 0.3 is 0 Å². The third-order valence-corrected chi connectivity index (χ3v) is 6.51. The molecule has 2 aromatic heterocycles. The summed E-state index contributed by atoms with van der Waals surface area (Å²) in [6.07, 6.45) is 2.49. The zero-order valence-corrected chi connectivity index (χ0v) is 18.5. The molecule has 4 rings (SSSR count). The van der Waals surface area contributed by atoms with Crippen LogP contribution in [0.15, 0.2) is 75.1 Å². The van der Waals surface area contributed by atoms with Gasteiger partial charge < -0.3 is 14.7 Å². The number of amides is 1. The molecule has 0 saturated carbocycles. The topological polar surface area (TPSA) is 121 Å². The Kier molecular flexibility index (Phi) is 6.32. The SMILES string of the molecule is O=C(NCc1ccc(Cl)cc1)c1c[nH]c2c(S(=O)(=O)NCc3ccco3)cc(F)cc2c1=O. The number of fused-ring (bicyclic) bond motifs is 1. The fourth-order valence-electron chi connectivity index (χ4n) is 3.18. The number of carbonyl (C=O) groups excluding carboxylic acids is 1. The molecule has 0 radical (unpaired) electrons. The highest BCUT2D eigenvalue weighted by Crippen LogP contribution is 2.22. The minimum absolute atomic E-state index is 0.123. The molecule has 0 spiro atoms. The third kappa shape index (κ3) is 4.98. The van der Waals surface area contributed by atoms with Gasteiger partial charge in [-0.3, -0.25) is 9.59 Å². The molecule has 0 aliphatic carbocycles. The number of H-pyrrole nitrogens is 1. The third-order valence-electron chi connectivity index (χ3n) is 4.83. The number of carbonyl (C=O) groups is 1. The van der Waals surface area contributed by atoms with E-state index in [1.165, 1.54) is 6.26 Å². The van der Waals surface area contributed by atoms with Crippen LogP contribution < -0.4 is 15.5 Å². The Labute approximate surface area is 192 Å². The summed E-state index contributed by atoms with van der Waals surface area (Å²) in [4.78, 5) is 27.7. The predicted octanol–water partition coefficient (Wildman–Crippen LogP) is 3.32. The van der Waals surface area contributed by atoms with Gasteiger partial charge in [-0.15, -0.1) is 0 Å². The van der Waals surface area contributed by atoms with Gasteiger partial charge in [-0.1, -0.05) is 23.7 Å². The summed E-state index contributed by atoms with van der Waals surface area (Å²) >= 11 is 5.83. The van der Waals surface area contributed by atoms with Crippen LogP contribution >= 0.6 is 11.6 Å². The van der Waals surface area contributed by atoms with Gasteiger partial charge in [0.05, 0.1) is 23.7 Å². The minimum Gasteiger partial charge on any atom is -0.468 e. The van der Waals surface area contributed by atoms with Gasteiger partial charge in [0.1, 0.15) is 22.0 Å². The molecular weight excluding hydrogens is 473 g/mol. The van der Waals surface area contributed by atoms with Crippen molar-refractivity contribution in [2.24, 2.45) is 0 Å². The van der Waals surface area contributed by atoms with Crippen molar-refractivity contribution in [1.29, 1.82) is 0 Å². The van der Waals surface area contributed by atoms with Crippen molar-refractivity contribution in [1.82, 2.24) is 15.0 Å². The second kappa shape index (κ2) is 9.18. The Bertz CT molecular complexity index is 1480. The maximum atomic E-state index is 14.3. The molecule has 1 amide bonds. The van der Waals surface area contributed by atoms with Crippen LogP contribution in [0.25, 0.3) is 10.9 Å². The average molecular weight is 490 g/mol. The van der Waals surface area contributed by atoms with Gasteiger partial charge in [0, 0.05) is 17.8 Å². The number of sulfonamides is 1. The molecule has 8 nitrogen and oxygen atoms in total. The molecule has 0 fully saturated rings. The first-order valence-electron chi connectivity index (χ1n) is 9.64. The quantitative estimate of drug-likeness (QED) is 0.367. The first kappa shape index (κ1) is 22.7. The molecule has 33 heavy (non-hydrogen) atoms. The Morgan fingerprint density at radius 1 is 1.12 bits per heavy atom. The highest BCUT2D eigenvalue weighted by Gasteiger charge is 2.23. The smallest absolute Gasteiger partial charge is 0.257 e. The highest BCUT2D eigenvalue weighted by atomic mass is 35.5. The Morgan fingerprint density at radius 2 is 1.88 bits per heavy atom. The number of benzene rings is 2. The average Bonchev–Trinajstić information content (AvgIpc) is 3.31. The van der Waals surface area contributed by atoms with Gasteiger partial charge in [-0.25, -0.2) is 17.5 Å². The number of furan rings is 1. The highest BCUT2D eigenvalue weighted by molar-refractivity contribution is 7.89. The number of pyridine rings is 1. The van der Waals surface area contributed by atoms with Crippen molar-refractivity contribution in [3.63, 3.8) is 0 Å². The first-order chi connectivity index (χ1) is 15.7. The number of nitrogens with one attached hydrogen (secondary N) is 3. The number of rotatable bonds is 7. The van der Waals surface area contributed by atoms with E-state index in [4.69, 9.17) is 16.0 Å². The van der Waals surface area contributed by atoms with Crippen LogP contribution in [-0.2, 0) is 23.1 Å². The molecule has 0 unspecified atom stereocenters. The molecule has 0 aliphatic heterocycles. The molecule has 0 aliphatic rings. The largest absolute Gasteiger partial charge is 0.468 e. The molecule has 0 bridgehead atoms. The number of hydrogen-bond donors (Lipinski definition) is 3. The van der Waals surface area contributed by atoms with Crippen LogP contribution in [0.4, 0.5) is 4.39 Å². The van der Waals surface area contributed by atoms with E-state index in [9.17, 15) is 22.4 Å². The van der Waals surface area contributed by atoms with E-state index in [0.717, 1.165) is 23.9 Å². The van der Waals surface area contributed by atoms with E-state index >= 15 is 0 Å². The lowest BCUT2D eigenvalue weighted by molar-refractivity contribution is 0.0949. The Morgan fingerprint density at radius 3 is 2.58 bits per heavy atom. The fourth-order valence-corrected chi connectivity index (χ4v) is 4.50. The Balaban J connectivity index is 1.64. The van der Waals surface area contributed by atoms with Crippen LogP contribution in [-0.4, -0.2) is 19.3 Å². The monoisotopic (exact) mass is 489 g/mol. The maximum absolute atomic E-state index is 14.3. The Hall–Kier alpha value is -3.47. The molecule has 170 valence electrons. The summed E-state index contributed by atoms with van der Waals surface area (Å²) in [5.74, 6) is -1.28. The van der Waals surface area contributed by atoms with Crippen molar-refractivity contribution >= 4 is 38.4 Å². The number of aromatic nitrogens is 1. The van der Waals surface area contributed by atoms with Crippen molar-refractivity contribution < 1.29 is 22.0 Å². The first-order valence-corrected chi connectivity index (χ1v) is 11.5. The van der Waals surface area contributed by atoms with Crippen molar-refractivity contribution in [2.45, 2.75) is 18.0 Å². The zero-order chi connectivity index (χ0) is 23.6. The summed E-state index contributed by atoms with van der Waals surface area (Å²) in [5.41, 5.74) is -0.456. The van der Waals surface area contributed by atoms with Crippen LogP contribution in [0.3, 0.4) is 0 Å². The van der Waals surface area contributed by atoms with Gasteiger partial charge in [0.2, 0.25) is 15.5 Å². The molecule has 0 saturated heterocycles. The fraction of sp³-hybridized carbons (Fsp3) is 0.0909. The van der Waals surface area contributed by atoms with E-state index in [2.05, 4.69) is 15.0 Å². The summed E-state index contributed by atoms with van der Waals surface area (Å²) < 4.78 is 47.2. The molecule has 4 aromatic rings. The van der Waals surface area contributed by atoms with Gasteiger partial charge in [-0.2, -0.15) is 0 Å². The normalized spacial score (nSPS) is 11.6. The standard InChI is InChI=1S/C22H17ClFN3O5S/c23-14-5-3-13(4-6-14)10-26-22(29)18-12-25-20-17(21(18)28)8-15(24)9-19(20)33(30,31)27-11-16-2-1-7-32-16/h1-9,12,27H,10-11H2,(H,25,28)(H,26,29). The molecule has 11 heteroatoms. The molecule has 2 heterocycles. The van der Waals surface area contributed by atoms with Gasteiger partial charge in [0.25, 0.3) is 5.91 Å². The number of aromatic amines is 1. The second-order valence-electron chi connectivity index (χ2n) is 7.07. The van der Waals surface area contributed by atoms with Crippen LogP contribution in [0.2, 0.25) is 5.02 Å². The van der Waals surface area contributed by atoms with E-state index in [1.807, 2.05) is 0 Å². The summed E-state index contributed by atoms with van der Waals surface area (Å²) in [5, 5.41) is 2.87. The summed E-state index contributed by atoms with van der Waals surface area (Å²) in [7, 11) is -4.22. The van der Waals surface area contributed by atoms with Crippen molar-refractivity contribution in [3.05, 3.63) is 98.9 Å². The summed E-state index contributed by atoms with van der Waals surface area (Å²) in [6, 6.07) is 11.6. The number of halogens is 2. The molecule has 3 N–H and O–H groups in total. The van der Waals surface area contributed by atoms with E-state index in [0.29, 0.717) is 10.8 Å². The summed E-state index contributed by atoms with van der Waals surface area (Å²) in [6.45, 7) is -0.0320. The van der Waals surface area contributed by atoms with Gasteiger partial charge in [-0.05, 0) is 42.0 Å². The zero-order valence-electron chi connectivity index (χ0n) is 16.9. The molecular formula is C22H17ClFN3O5S. The lowest BCUT2D eigenvalue weighted by atomic mass is 10.1. The maximum Gasteiger partial charge on any atom is 0.257 e. The van der Waals surface area contributed by atoms with Crippen molar-refractivity contribution in [3.8, 4) is 0 Å². The van der Waals surface area contributed by atoms with Crippen LogP contribution in [0.5, 0.6) is 0 Å². The minimum atomic E-state index is -4.22. The predicted molar refractivity (Wildman–Crippen MR) is 120 cm³/mol. The van der Waals surface area contributed by atoms with E-state index in [-0.39, 0.29) is 29.6 Å². The van der Waals surface area contributed by atoms with E-state index in [1.54, 1.807) is 36.4 Å². The lowest BCUT2D eigenvalue weighted by Gasteiger charge is -2.11. The second-order valence-corrected chi connectivity index (χ2v) is 9.24. The van der Waals surface area contributed by atoms with E-state index < -0.39 is 32.1 Å².